The van der Waals surface area contributed by atoms with Crippen LogP contribution in [0.2, 0.25) is 0 Å². The van der Waals surface area contributed by atoms with Gasteiger partial charge in [-0.15, -0.1) is 11.8 Å². The Morgan fingerprint density at radius 2 is 1.73 bits per heavy atom. The van der Waals surface area contributed by atoms with Crippen molar-refractivity contribution in [1.29, 1.82) is 0 Å². The van der Waals surface area contributed by atoms with Gasteiger partial charge in [-0.05, 0) is 49.6 Å². The zero-order chi connectivity index (χ0) is 20.3. The Hall–Kier alpha value is -1.82. The Labute approximate surface area is 184 Å². The first-order valence-corrected chi connectivity index (χ1v) is 12.4. The number of hydrogen-bond donors (Lipinski definition) is 1. The van der Waals surface area contributed by atoms with Crippen molar-refractivity contribution in [1.82, 2.24) is 10.3 Å². The summed E-state index contributed by atoms with van der Waals surface area (Å²) in [7, 11) is 0. The van der Waals surface area contributed by atoms with Gasteiger partial charge in [-0.25, -0.2) is 10.0 Å². The number of hydrogen-bond acceptors (Lipinski definition) is 4. The van der Waals surface area contributed by atoms with Gasteiger partial charge < -0.3 is 5.32 Å². The maximum atomic E-state index is 13.5. The molecule has 5 rings (SSSR count). The number of nitrogens with one attached hydrogen (secondary N) is 1. The Morgan fingerprint density at radius 1 is 0.967 bits per heavy atom. The van der Waals surface area contributed by atoms with Crippen molar-refractivity contribution in [3.05, 3.63) is 60.2 Å². The van der Waals surface area contributed by atoms with Crippen molar-refractivity contribution < 1.29 is 4.79 Å². The molecule has 1 N–H and O–H groups in total. The van der Waals surface area contributed by atoms with Gasteiger partial charge in [0, 0.05) is 23.2 Å². The summed E-state index contributed by atoms with van der Waals surface area (Å²) in [5.41, 5.74) is 2.30. The zero-order valence-electron chi connectivity index (χ0n) is 17.5. The largest absolute Gasteiger partial charge is 0.314 e. The molecule has 2 aromatic rings. The maximum absolute atomic E-state index is 13.5. The van der Waals surface area contributed by atoms with E-state index in [1.165, 1.54) is 42.6 Å². The number of para-hydroxylation sites is 1. The van der Waals surface area contributed by atoms with Crippen LogP contribution in [0.15, 0.2) is 59.5 Å². The van der Waals surface area contributed by atoms with E-state index in [9.17, 15) is 4.79 Å². The number of thioether (sulfide) groups is 1. The lowest BCUT2D eigenvalue weighted by Gasteiger charge is -2.35. The van der Waals surface area contributed by atoms with Gasteiger partial charge in [-0.3, -0.25) is 4.79 Å². The van der Waals surface area contributed by atoms with Crippen LogP contribution in [0.3, 0.4) is 0 Å². The number of carbonyl (C=O) groups is 1. The van der Waals surface area contributed by atoms with E-state index in [1.54, 1.807) is 0 Å². The highest BCUT2D eigenvalue weighted by Crippen LogP contribution is 2.48. The Morgan fingerprint density at radius 3 is 2.57 bits per heavy atom. The van der Waals surface area contributed by atoms with Crippen LogP contribution < -0.4 is 10.3 Å². The van der Waals surface area contributed by atoms with Gasteiger partial charge in [0.2, 0.25) is 5.91 Å². The fraction of sp³-hybridized carbons (Fsp3) is 0.480. The van der Waals surface area contributed by atoms with E-state index in [1.807, 2.05) is 35.0 Å². The molecule has 158 valence electrons. The molecule has 2 aliphatic heterocycles. The molecule has 2 unspecified atom stereocenters. The highest BCUT2D eigenvalue weighted by atomic mass is 32.2. The molecule has 0 radical (unpaired) electrons. The Balaban J connectivity index is 1.36. The first-order chi connectivity index (χ1) is 14.8. The van der Waals surface area contributed by atoms with Crippen LogP contribution in [0.4, 0.5) is 5.69 Å². The Bertz CT molecular complexity index is 868. The van der Waals surface area contributed by atoms with Crippen molar-refractivity contribution in [2.75, 3.05) is 23.9 Å². The summed E-state index contributed by atoms with van der Waals surface area (Å²) in [6, 6.07) is 19.6. The van der Waals surface area contributed by atoms with Gasteiger partial charge in [0.05, 0.1) is 17.6 Å². The van der Waals surface area contributed by atoms with E-state index in [4.69, 9.17) is 0 Å². The molecule has 1 saturated carbocycles. The van der Waals surface area contributed by atoms with Gasteiger partial charge in [-0.2, -0.15) is 0 Å². The first kappa shape index (κ1) is 20.1. The minimum absolute atomic E-state index is 0.0245. The molecule has 2 aromatic carbocycles. The maximum Gasteiger partial charge on any atom is 0.247 e. The molecule has 0 spiro atoms. The molecular weight excluding hydrogens is 390 g/mol. The van der Waals surface area contributed by atoms with Crippen molar-refractivity contribution >= 4 is 23.4 Å². The third-order valence-corrected chi connectivity index (χ3v) is 7.95. The fourth-order valence-corrected chi connectivity index (χ4v) is 6.48. The van der Waals surface area contributed by atoms with Crippen LogP contribution in [-0.2, 0) is 4.79 Å². The third-order valence-electron chi connectivity index (χ3n) is 6.74. The first-order valence-electron chi connectivity index (χ1n) is 11.4. The van der Waals surface area contributed by atoms with E-state index in [2.05, 4.69) is 46.7 Å². The standard InChI is InChI=1S/C25H31N3OS/c29-25-22-18-30-23-15-8-7-14-21(23)24(22)27(28(25)20-12-5-2-6-13-20)17-9-16-26-19-10-3-1-4-11-19/h2,5-8,12-15,19,22,24,26H,1,3-4,9-11,16-18H2. The number of nitrogens with zero attached hydrogens (tertiary/aromatic N) is 2. The van der Waals surface area contributed by atoms with E-state index in [0.29, 0.717) is 6.04 Å². The highest BCUT2D eigenvalue weighted by Gasteiger charge is 2.49. The molecule has 1 amide bonds. The average molecular weight is 422 g/mol. The van der Waals surface area contributed by atoms with Crippen LogP contribution in [0.5, 0.6) is 0 Å². The van der Waals surface area contributed by atoms with E-state index < -0.39 is 0 Å². The SMILES string of the molecule is O=C1C2CSc3ccccc3C2N(CCCNC2CCCCC2)N1c1ccccc1. The van der Waals surface area contributed by atoms with Crippen LogP contribution in [0, 0.1) is 5.92 Å². The van der Waals surface area contributed by atoms with Crippen LogP contribution in [0.1, 0.15) is 50.1 Å². The second-order valence-corrected chi connectivity index (χ2v) is 9.75. The summed E-state index contributed by atoms with van der Waals surface area (Å²) >= 11 is 1.83. The topological polar surface area (TPSA) is 35.6 Å². The minimum Gasteiger partial charge on any atom is -0.314 e. The third kappa shape index (κ3) is 3.91. The molecule has 5 heteroatoms. The van der Waals surface area contributed by atoms with Crippen LogP contribution >= 0.6 is 11.8 Å². The Kier molecular flexibility index (Phi) is 6.12. The number of amides is 1. The molecular formula is C25H31N3OS. The molecule has 4 nitrogen and oxygen atoms in total. The molecule has 0 aromatic heterocycles. The molecule has 2 atom stereocenters. The molecule has 1 aliphatic carbocycles. The van der Waals surface area contributed by atoms with E-state index >= 15 is 0 Å². The summed E-state index contributed by atoms with van der Waals surface area (Å²) in [6.45, 7) is 1.91. The quantitative estimate of drug-likeness (QED) is 0.664. The van der Waals surface area contributed by atoms with Crippen molar-refractivity contribution in [3.8, 4) is 0 Å². The predicted octanol–water partition coefficient (Wildman–Crippen LogP) is 5.03. The van der Waals surface area contributed by atoms with Crippen LogP contribution in [0.25, 0.3) is 0 Å². The zero-order valence-corrected chi connectivity index (χ0v) is 18.3. The van der Waals surface area contributed by atoms with Gasteiger partial charge in [0.25, 0.3) is 0 Å². The highest BCUT2D eigenvalue weighted by molar-refractivity contribution is 7.99. The molecule has 1 saturated heterocycles. The van der Waals surface area contributed by atoms with Crippen molar-refractivity contribution in [2.45, 2.75) is 55.5 Å². The lowest BCUT2D eigenvalue weighted by Crippen LogP contribution is -2.42. The van der Waals surface area contributed by atoms with Crippen molar-refractivity contribution in [2.24, 2.45) is 5.92 Å². The number of anilines is 1. The van der Waals surface area contributed by atoms with Gasteiger partial charge >= 0.3 is 0 Å². The monoisotopic (exact) mass is 421 g/mol. The van der Waals surface area contributed by atoms with Crippen LogP contribution in [-0.4, -0.2) is 35.8 Å². The number of hydrazine groups is 1. The fourth-order valence-electron chi connectivity index (χ4n) is 5.26. The van der Waals surface area contributed by atoms with Gasteiger partial charge in [-0.1, -0.05) is 55.7 Å². The number of carbonyl (C=O) groups excluding carboxylic acids is 1. The molecule has 3 aliphatic rings. The molecule has 0 bridgehead atoms. The molecule has 2 fully saturated rings. The minimum atomic E-state index is 0.0245. The van der Waals surface area contributed by atoms with E-state index in [0.717, 1.165) is 31.0 Å². The number of rotatable bonds is 6. The summed E-state index contributed by atoms with van der Waals surface area (Å²) in [5, 5.41) is 8.09. The summed E-state index contributed by atoms with van der Waals surface area (Å²) in [5.74, 6) is 1.13. The van der Waals surface area contributed by atoms with Gasteiger partial charge in [0.1, 0.15) is 0 Å². The van der Waals surface area contributed by atoms with E-state index in [-0.39, 0.29) is 17.9 Å². The summed E-state index contributed by atoms with van der Waals surface area (Å²) < 4.78 is 0. The lowest BCUT2D eigenvalue weighted by atomic mass is 9.94. The summed E-state index contributed by atoms with van der Waals surface area (Å²) in [6.07, 6.45) is 7.78. The second kappa shape index (κ2) is 9.13. The average Bonchev–Trinajstić information content (AvgIpc) is 3.10. The summed E-state index contributed by atoms with van der Waals surface area (Å²) in [4.78, 5) is 14.8. The number of fused-ring (bicyclic) bond motifs is 3. The number of benzene rings is 2. The van der Waals surface area contributed by atoms with Crippen molar-refractivity contribution in [3.63, 3.8) is 0 Å². The smallest absolute Gasteiger partial charge is 0.247 e. The normalized spacial score (nSPS) is 24.7. The lowest BCUT2D eigenvalue weighted by molar-refractivity contribution is -0.120. The van der Waals surface area contributed by atoms with Gasteiger partial charge in [0.15, 0.2) is 0 Å². The predicted molar refractivity (Wildman–Crippen MR) is 124 cm³/mol. The molecule has 30 heavy (non-hydrogen) atoms. The molecule has 2 heterocycles. The second-order valence-electron chi connectivity index (χ2n) is 8.69.